The van der Waals surface area contributed by atoms with Gasteiger partial charge in [-0.3, -0.25) is 14.5 Å². The van der Waals surface area contributed by atoms with E-state index in [1.54, 1.807) is 12.4 Å². The standard InChI is InChI=1S/C21H22N4O2/c26-20(11-17-7-4-9-22-12-17)23-13-19-21-18(8-10-27-19)15-25(24-21)14-16-5-2-1-3-6-16/h1-7,9,12,15,19H,8,10-11,13-14H2,(H,23,26). The minimum absolute atomic E-state index is 0.0394. The molecule has 3 heterocycles. The predicted molar refractivity (Wildman–Crippen MR) is 101 cm³/mol. The molecule has 1 unspecified atom stereocenters. The number of rotatable bonds is 6. The number of fused-ring (bicyclic) bond motifs is 1. The molecule has 1 N–H and O–H groups in total. The molecule has 1 aliphatic heterocycles. The average Bonchev–Trinajstić information content (AvgIpc) is 3.11. The van der Waals surface area contributed by atoms with Crippen molar-refractivity contribution in [2.45, 2.75) is 25.5 Å². The molecule has 0 aliphatic carbocycles. The summed E-state index contributed by atoms with van der Waals surface area (Å²) in [4.78, 5) is 16.2. The molecule has 0 saturated heterocycles. The molecule has 0 spiro atoms. The lowest BCUT2D eigenvalue weighted by atomic mass is 10.1. The monoisotopic (exact) mass is 362 g/mol. The third-order valence-electron chi connectivity index (χ3n) is 4.62. The molecule has 1 amide bonds. The molecule has 2 aromatic heterocycles. The van der Waals surface area contributed by atoms with Crippen LogP contribution in [0.2, 0.25) is 0 Å². The van der Waals surface area contributed by atoms with Gasteiger partial charge in [-0.05, 0) is 29.2 Å². The lowest BCUT2D eigenvalue weighted by Crippen LogP contribution is -2.32. The molecule has 1 aliphatic rings. The van der Waals surface area contributed by atoms with Crippen LogP contribution in [0.1, 0.15) is 28.5 Å². The van der Waals surface area contributed by atoms with E-state index in [0.29, 0.717) is 19.6 Å². The Bertz CT molecular complexity index is 893. The summed E-state index contributed by atoms with van der Waals surface area (Å²) in [5.74, 6) is -0.0394. The Kier molecular flexibility index (Phi) is 5.25. The van der Waals surface area contributed by atoms with Crippen LogP contribution in [0.3, 0.4) is 0 Å². The molecule has 1 atom stereocenters. The quantitative estimate of drug-likeness (QED) is 0.731. The molecule has 4 rings (SSSR count). The smallest absolute Gasteiger partial charge is 0.224 e. The Hall–Kier alpha value is -2.99. The van der Waals surface area contributed by atoms with Gasteiger partial charge < -0.3 is 10.1 Å². The highest BCUT2D eigenvalue weighted by Crippen LogP contribution is 2.25. The minimum atomic E-state index is -0.205. The fraction of sp³-hybridized carbons (Fsp3) is 0.286. The summed E-state index contributed by atoms with van der Waals surface area (Å²) in [6, 6.07) is 14.0. The van der Waals surface area contributed by atoms with Crippen molar-refractivity contribution in [1.82, 2.24) is 20.1 Å². The summed E-state index contributed by atoms with van der Waals surface area (Å²) in [6.07, 6.45) is 6.46. The molecule has 3 aromatic rings. The predicted octanol–water partition coefficient (Wildman–Crippen LogP) is 2.30. The molecule has 1 aromatic carbocycles. The van der Waals surface area contributed by atoms with Crippen molar-refractivity contribution in [1.29, 1.82) is 0 Å². The normalized spacial score (nSPS) is 15.9. The summed E-state index contributed by atoms with van der Waals surface area (Å²) in [6.45, 7) is 1.80. The summed E-state index contributed by atoms with van der Waals surface area (Å²) in [5.41, 5.74) is 4.23. The molecule has 0 bridgehead atoms. The minimum Gasteiger partial charge on any atom is -0.370 e. The summed E-state index contributed by atoms with van der Waals surface area (Å²) >= 11 is 0. The van der Waals surface area contributed by atoms with Crippen LogP contribution < -0.4 is 5.32 Å². The number of carbonyl (C=O) groups excluding carboxylic acids is 1. The number of aromatic nitrogens is 3. The van der Waals surface area contributed by atoms with Crippen LogP contribution in [0, 0.1) is 0 Å². The van der Waals surface area contributed by atoms with E-state index >= 15 is 0 Å². The van der Waals surface area contributed by atoms with Crippen molar-refractivity contribution in [2.75, 3.05) is 13.2 Å². The van der Waals surface area contributed by atoms with Crippen LogP contribution in [0.15, 0.2) is 61.1 Å². The molecular weight excluding hydrogens is 340 g/mol. The summed E-state index contributed by atoms with van der Waals surface area (Å²) < 4.78 is 7.82. The van der Waals surface area contributed by atoms with Crippen molar-refractivity contribution >= 4 is 5.91 Å². The van der Waals surface area contributed by atoms with Gasteiger partial charge in [-0.2, -0.15) is 5.10 Å². The zero-order valence-electron chi connectivity index (χ0n) is 15.0. The van der Waals surface area contributed by atoms with Gasteiger partial charge in [0.05, 0.1) is 25.3 Å². The Morgan fingerprint density at radius 1 is 1.19 bits per heavy atom. The maximum atomic E-state index is 12.2. The molecule has 0 radical (unpaired) electrons. The van der Waals surface area contributed by atoms with Gasteiger partial charge in [0.25, 0.3) is 0 Å². The first-order valence-electron chi connectivity index (χ1n) is 9.15. The van der Waals surface area contributed by atoms with Crippen molar-refractivity contribution in [2.24, 2.45) is 0 Å². The van der Waals surface area contributed by atoms with Gasteiger partial charge in [0.2, 0.25) is 5.91 Å². The van der Waals surface area contributed by atoms with E-state index in [1.165, 1.54) is 11.1 Å². The molecule has 6 nitrogen and oxygen atoms in total. The van der Waals surface area contributed by atoms with Crippen molar-refractivity contribution in [3.8, 4) is 0 Å². The number of pyridine rings is 1. The van der Waals surface area contributed by atoms with E-state index in [-0.39, 0.29) is 12.0 Å². The largest absolute Gasteiger partial charge is 0.370 e. The second-order valence-electron chi connectivity index (χ2n) is 6.67. The number of benzene rings is 1. The van der Waals surface area contributed by atoms with Crippen molar-refractivity contribution in [3.05, 3.63) is 83.4 Å². The maximum absolute atomic E-state index is 12.2. The van der Waals surface area contributed by atoms with Gasteiger partial charge in [-0.15, -0.1) is 0 Å². The Morgan fingerprint density at radius 2 is 2.04 bits per heavy atom. The van der Waals surface area contributed by atoms with Crippen LogP contribution in [-0.2, 0) is 28.9 Å². The zero-order chi connectivity index (χ0) is 18.5. The number of nitrogens with one attached hydrogen (secondary N) is 1. The van der Waals surface area contributed by atoms with E-state index in [9.17, 15) is 4.79 Å². The lowest BCUT2D eigenvalue weighted by Gasteiger charge is -2.22. The lowest BCUT2D eigenvalue weighted by molar-refractivity contribution is -0.121. The van der Waals surface area contributed by atoms with E-state index < -0.39 is 0 Å². The van der Waals surface area contributed by atoms with Crippen molar-refractivity contribution in [3.63, 3.8) is 0 Å². The number of ether oxygens (including phenoxy) is 1. The zero-order valence-corrected chi connectivity index (χ0v) is 15.0. The van der Waals surface area contributed by atoms with Gasteiger partial charge in [0.15, 0.2) is 0 Å². The number of nitrogens with zero attached hydrogens (tertiary/aromatic N) is 3. The van der Waals surface area contributed by atoms with Gasteiger partial charge in [0.1, 0.15) is 6.10 Å². The fourth-order valence-corrected chi connectivity index (χ4v) is 3.30. The van der Waals surface area contributed by atoms with Crippen LogP contribution in [-0.4, -0.2) is 33.8 Å². The first-order valence-corrected chi connectivity index (χ1v) is 9.15. The first-order chi connectivity index (χ1) is 13.3. The van der Waals surface area contributed by atoms with Gasteiger partial charge >= 0.3 is 0 Å². The fourth-order valence-electron chi connectivity index (χ4n) is 3.30. The summed E-state index contributed by atoms with van der Waals surface area (Å²) in [7, 11) is 0. The highest BCUT2D eigenvalue weighted by atomic mass is 16.5. The van der Waals surface area contributed by atoms with Crippen LogP contribution >= 0.6 is 0 Å². The average molecular weight is 362 g/mol. The van der Waals surface area contributed by atoms with E-state index in [1.807, 2.05) is 35.0 Å². The van der Waals surface area contributed by atoms with E-state index in [2.05, 4.69) is 28.6 Å². The highest BCUT2D eigenvalue weighted by Gasteiger charge is 2.25. The molecule has 6 heteroatoms. The third-order valence-corrected chi connectivity index (χ3v) is 4.62. The maximum Gasteiger partial charge on any atom is 0.224 e. The number of hydrogen-bond acceptors (Lipinski definition) is 4. The van der Waals surface area contributed by atoms with Gasteiger partial charge in [0, 0.05) is 25.1 Å². The van der Waals surface area contributed by atoms with Crippen LogP contribution in [0.25, 0.3) is 0 Å². The third kappa shape index (κ3) is 4.41. The van der Waals surface area contributed by atoms with E-state index in [0.717, 1.165) is 24.2 Å². The molecule has 27 heavy (non-hydrogen) atoms. The number of carbonyl (C=O) groups is 1. The first kappa shape index (κ1) is 17.4. The topological polar surface area (TPSA) is 69.0 Å². The number of amides is 1. The van der Waals surface area contributed by atoms with E-state index in [4.69, 9.17) is 9.84 Å². The summed E-state index contributed by atoms with van der Waals surface area (Å²) in [5, 5.41) is 7.68. The van der Waals surface area contributed by atoms with Gasteiger partial charge in [-0.25, -0.2) is 0 Å². The molecule has 0 saturated carbocycles. The SMILES string of the molecule is O=C(Cc1cccnc1)NCC1OCCc2cn(Cc3ccccc3)nc21. The Balaban J connectivity index is 1.38. The van der Waals surface area contributed by atoms with Crippen LogP contribution in [0.5, 0.6) is 0 Å². The molecule has 0 fully saturated rings. The van der Waals surface area contributed by atoms with Gasteiger partial charge in [-0.1, -0.05) is 36.4 Å². The van der Waals surface area contributed by atoms with Crippen LogP contribution in [0.4, 0.5) is 0 Å². The van der Waals surface area contributed by atoms with Crippen molar-refractivity contribution < 1.29 is 9.53 Å². The Morgan fingerprint density at radius 3 is 2.85 bits per heavy atom. The molecule has 138 valence electrons. The molecular formula is C21H22N4O2. The second kappa shape index (κ2) is 8.14. The Labute approximate surface area is 158 Å². The second-order valence-corrected chi connectivity index (χ2v) is 6.67. The highest BCUT2D eigenvalue weighted by molar-refractivity contribution is 5.78. The number of hydrogen-bond donors (Lipinski definition) is 1.